The molecule has 8 heteroatoms. The molecular formula is C39H35ClNO5P. The molecule has 7 rings (SSSR count). The van der Waals surface area contributed by atoms with E-state index in [0.717, 1.165) is 27.3 Å². The lowest BCUT2D eigenvalue weighted by Gasteiger charge is -2.48. The van der Waals surface area contributed by atoms with Crippen LogP contribution < -0.4 is 10.6 Å². The van der Waals surface area contributed by atoms with Crippen molar-refractivity contribution < 1.29 is 23.5 Å². The van der Waals surface area contributed by atoms with Crippen molar-refractivity contribution in [3.8, 4) is 0 Å². The molecule has 5 aromatic carbocycles. The minimum absolute atomic E-state index is 0.317. The summed E-state index contributed by atoms with van der Waals surface area (Å²) in [5.41, 5.74) is 2.87. The van der Waals surface area contributed by atoms with Crippen LogP contribution in [-0.2, 0) is 30.1 Å². The highest BCUT2D eigenvalue weighted by Gasteiger charge is 2.52. The van der Waals surface area contributed by atoms with Crippen LogP contribution in [0.4, 0.5) is 0 Å². The van der Waals surface area contributed by atoms with Crippen LogP contribution in [0.1, 0.15) is 23.0 Å². The van der Waals surface area contributed by atoms with E-state index in [9.17, 15) is 0 Å². The summed E-state index contributed by atoms with van der Waals surface area (Å²) in [6, 6.07) is 47.7. The Hall–Kier alpha value is -3.71. The van der Waals surface area contributed by atoms with E-state index in [-0.39, 0.29) is 0 Å². The smallest absolute Gasteiger partial charge is 0.184 e. The van der Waals surface area contributed by atoms with Crippen molar-refractivity contribution in [3.05, 3.63) is 167 Å². The number of ether oxygens (including phenoxy) is 4. The summed E-state index contributed by atoms with van der Waals surface area (Å²) in [7, 11) is -1.27. The molecule has 2 fully saturated rings. The summed E-state index contributed by atoms with van der Waals surface area (Å²) >= 11 is 6.19. The third kappa shape index (κ3) is 7.89. The van der Waals surface area contributed by atoms with Gasteiger partial charge in [0, 0.05) is 27.4 Å². The van der Waals surface area contributed by atoms with Gasteiger partial charge in [-0.05, 0) is 23.3 Å². The van der Waals surface area contributed by atoms with E-state index >= 15 is 0 Å². The van der Waals surface area contributed by atoms with E-state index in [4.69, 9.17) is 40.1 Å². The third-order valence-corrected chi connectivity index (χ3v) is 10.4. The minimum atomic E-state index is -1.27. The largest absolute Gasteiger partial charge is 0.346 e. The van der Waals surface area contributed by atoms with Crippen LogP contribution in [0.2, 0.25) is 5.02 Å². The maximum absolute atomic E-state index is 7.31. The molecule has 6 atom stereocenters. The van der Waals surface area contributed by atoms with Gasteiger partial charge in [-0.2, -0.15) is 0 Å². The summed E-state index contributed by atoms with van der Waals surface area (Å²) in [5, 5.41) is 2.84. The van der Waals surface area contributed by atoms with Crippen molar-refractivity contribution in [1.82, 2.24) is 0 Å². The second kappa shape index (κ2) is 15.5. The normalized spacial score (nSPS) is 24.3. The third-order valence-electron chi connectivity index (χ3n) is 8.11. The highest BCUT2D eigenvalue weighted by molar-refractivity contribution is 7.68. The first-order valence-corrected chi connectivity index (χ1v) is 17.3. The second-order valence-corrected chi connectivity index (χ2v) is 13.6. The summed E-state index contributed by atoms with van der Waals surface area (Å²) in [6.45, 7) is 0.667. The van der Waals surface area contributed by atoms with Gasteiger partial charge in [0.1, 0.15) is 24.4 Å². The van der Waals surface area contributed by atoms with Crippen LogP contribution in [0.3, 0.4) is 0 Å². The molecule has 2 heterocycles. The molecule has 0 saturated carbocycles. The van der Waals surface area contributed by atoms with Gasteiger partial charge in [-0.25, -0.2) is 0 Å². The fourth-order valence-corrected chi connectivity index (χ4v) is 7.79. The summed E-state index contributed by atoms with van der Waals surface area (Å²) < 4.78 is 33.5. The first-order chi connectivity index (χ1) is 23.2. The van der Waals surface area contributed by atoms with Gasteiger partial charge < -0.3 is 23.5 Å². The molecule has 0 bridgehead atoms. The summed E-state index contributed by atoms with van der Waals surface area (Å²) in [4.78, 5) is 5.13. The number of hydrogen-bond donors (Lipinski definition) is 0. The zero-order chi connectivity index (χ0) is 31.8. The second-order valence-electron chi connectivity index (χ2n) is 11.4. The predicted octanol–water partition coefficient (Wildman–Crippen LogP) is 7.62. The van der Waals surface area contributed by atoms with Crippen LogP contribution in [-0.4, -0.2) is 43.5 Å². The maximum Gasteiger partial charge on any atom is 0.184 e. The van der Waals surface area contributed by atoms with Crippen molar-refractivity contribution in [3.63, 3.8) is 0 Å². The van der Waals surface area contributed by atoms with E-state index in [2.05, 4.69) is 24.3 Å². The maximum atomic E-state index is 7.31. The fraction of sp³-hybridized carbons (Fsp3) is 0.205. The van der Waals surface area contributed by atoms with E-state index in [1.54, 1.807) is 0 Å². The number of rotatable bonds is 10. The van der Waals surface area contributed by atoms with Gasteiger partial charge in [-0.3, -0.25) is 4.99 Å². The van der Waals surface area contributed by atoms with Crippen molar-refractivity contribution in [2.24, 2.45) is 4.99 Å². The highest BCUT2D eigenvalue weighted by Crippen LogP contribution is 2.44. The van der Waals surface area contributed by atoms with Gasteiger partial charge in [0.15, 0.2) is 12.6 Å². The van der Waals surface area contributed by atoms with E-state index in [1.165, 1.54) is 0 Å². The van der Waals surface area contributed by atoms with E-state index in [1.807, 2.05) is 128 Å². The summed E-state index contributed by atoms with van der Waals surface area (Å²) in [6.07, 6.45) is -0.939. The Bertz CT molecular complexity index is 1670. The van der Waals surface area contributed by atoms with Gasteiger partial charge in [0.05, 0.1) is 21.4 Å². The van der Waals surface area contributed by atoms with Gasteiger partial charge in [-0.15, -0.1) is 0 Å². The molecule has 0 aliphatic carbocycles. The monoisotopic (exact) mass is 663 g/mol. The quantitative estimate of drug-likeness (QED) is 0.114. The Morgan fingerprint density at radius 2 is 1.32 bits per heavy atom. The Balaban J connectivity index is 1.29. The Morgan fingerprint density at radius 1 is 0.723 bits per heavy atom. The van der Waals surface area contributed by atoms with Crippen molar-refractivity contribution in [2.75, 3.05) is 6.61 Å². The molecule has 5 aromatic rings. The number of aliphatic imine (C=N–C) groups is 1. The molecule has 2 aliphatic heterocycles. The van der Waals surface area contributed by atoms with Gasteiger partial charge in [0.2, 0.25) is 0 Å². The lowest BCUT2D eigenvalue weighted by atomic mass is 9.96. The van der Waals surface area contributed by atoms with Crippen molar-refractivity contribution >= 4 is 36.6 Å². The molecular weight excluding hydrogens is 629 g/mol. The molecule has 0 radical (unpaired) electrons. The predicted molar refractivity (Wildman–Crippen MR) is 187 cm³/mol. The molecule has 238 valence electrons. The highest BCUT2D eigenvalue weighted by atomic mass is 35.5. The molecule has 0 N–H and O–H groups in total. The number of benzene rings is 5. The van der Waals surface area contributed by atoms with Crippen LogP contribution in [0.15, 0.2) is 151 Å². The van der Waals surface area contributed by atoms with E-state index in [0.29, 0.717) is 18.2 Å². The fourth-order valence-electron chi connectivity index (χ4n) is 5.75. The Morgan fingerprint density at radius 3 is 1.96 bits per heavy atom. The number of fused-ring (bicyclic) bond motifs is 1. The molecule has 2 saturated heterocycles. The number of halogens is 1. The van der Waals surface area contributed by atoms with Crippen LogP contribution in [0.5, 0.6) is 0 Å². The first-order valence-electron chi connectivity index (χ1n) is 15.7. The number of hydrogen-bond acceptors (Lipinski definition) is 6. The van der Waals surface area contributed by atoms with Crippen molar-refractivity contribution in [2.45, 2.75) is 43.5 Å². The SMILES string of the molecule is Clc1ccc(C=N[C@H]2[C@@H](OCc3ccccc3)O[C@@H]3COC(c4ccccc4)O[C@H]3[C@@H]2OP(c2ccccc2)c2ccccc2)cc1. The Kier molecular flexibility index (Phi) is 10.5. The molecule has 1 unspecified atom stereocenters. The standard InChI is InChI=1S/C39H35ClNO5P/c40-31-23-21-28(22-24-31)25-41-35-37(46-47(32-17-9-3-10-18-32)33-19-11-4-12-20-33)36-34(27-43-38(45-36)30-15-7-2-8-16-30)44-39(35)42-26-29-13-5-1-6-14-29/h1-25,34-39H,26-27H2/t34-,35-,36-,37-,38?,39+/m1/s1. The van der Waals surface area contributed by atoms with Crippen LogP contribution in [0.25, 0.3) is 0 Å². The summed E-state index contributed by atoms with van der Waals surface area (Å²) in [5.74, 6) is 0. The van der Waals surface area contributed by atoms with Gasteiger partial charge in [0.25, 0.3) is 0 Å². The topological polar surface area (TPSA) is 58.5 Å². The molecule has 2 aliphatic rings. The van der Waals surface area contributed by atoms with Crippen molar-refractivity contribution in [1.29, 1.82) is 0 Å². The van der Waals surface area contributed by atoms with E-state index < -0.39 is 45.1 Å². The average molecular weight is 664 g/mol. The lowest BCUT2D eigenvalue weighted by Crippen LogP contribution is -2.62. The lowest BCUT2D eigenvalue weighted by molar-refractivity contribution is -0.339. The Labute approximate surface area is 281 Å². The zero-order valence-corrected chi connectivity index (χ0v) is 27.3. The number of nitrogens with zero attached hydrogens (tertiary/aromatic N) is 1. The molecule has 47 heavy (non-hydrogen) atoms. The molecule has 0 amide bonds. The molecule has 0 aromatic heterocycles. The minimum Gasteiger partial charge on any atom is -0.346 e. The molecule has 0 spiro atoms. The van der Waals surface area contributed by atoms with Crippen LogP contribution >= 0.6 is 19.7 Å². The van der Waals surface area contributed by atoms with Gasteiger partial charge >= 0.3 is 0 Å². The van der Waals surface area contributed by atoms with Crippen LogP contribution in [0, 0.1) is 0 Å². The average Bonchev–Trinajstić information content (AvgIpc) is 3.14. The zero-order valence-electron chi connectivity index (χ0n) is 25.6. The first kappa shape index (κ1) is 31.9. The molecule has 6 nitrogen and oxygen atoms in total. The van der Waals surface area contributed by atoms with Gasteiger partial charge in [-0.1, -0.05) is 145 Å².